The van der Waals surface area contributed by atoms with Crippen molar-refractivity contribution in [2.24, 2.45) is 5.92 Å². The van der Waals surface area contributed by atoms with Crippen molar-refractivity contribution < 1.29 is 4.74 Å². The van der Waals surface area contributed by atoms with E-state index in [9.17, 15) is 0 Å². The average molecular weight is 240 g/mol. The molecule has 0 aromatic heterocycles. The van der Waals surface area contributed by atoms with Crippen molar-refractivity contribution in [2.75, 3.05) is 19.7 Å². The van der Waals surface area contributed by atoms with Crippen LogP contribution in [-0.2, 0) is 0 Å². The predicted molar refractivity (Wildman–Crippen MR) is 67.2 cm³/mol. The number of rotatable bonds is 4. The Morgan fingerprint density at radius 2 is 2.12 bits per heavy atom. The molecule has 2 nitrogen and oxygen atoms in total. The van der Waals surface area contributed by atoms with E-state index in [-0.39, 0.29) is 0 Å². The van der Waals surface area contributed by atoms with Crippen LogP contribution in [-0.4, -0.2) is 19.7 Å². The fourth-order valence-electron chi connectivity index (χ4n) is 2.04. The molecule has 0 saturated carbocycles. The highest BCUT2D eigenvalue weighted by Gasteiger charge is 2.12. The topological polar surface area (TPSA) is 21.3 Å². The van der Waals surface area contributed by atoms with E-state index in [2.05, 4.69) is 5.32 Å². The second kappa shape index (κ2) is 6.12. The van der Waals surface area contributed by atoms with Gasteiger partial charge in [-0.15, -0.1) is 0 Å². The van der Waals surface area contributed by atoms with Crippen molar-refractivity contribution in [2.45, 2.75) is 19.3 Å². The standard InChI is InChI=1S/C13H18ClNO/c14-12-3-5-13(6-4-12)16-9-7-11-2-1-8-15-10-11/h3-6,11,15H,1-2,7-10H2/t11-/m0/s1. The maximum Gasteiger partial charge on any atom is 0.119 e. The molecule has 1 saturated heterocycles. The van der Waals surface area contributed by atoms with Crippen molar-refractivity contribution in [1.82, 2.24) is 5.32 Å². The van der Waals surface area contributed by atoms with Gasteiger partial charge < -0.3 is 10.1 Å². The van der Waals surface area contributed by atoms with Crippen LogP contribution in [0.3, 0.4) is 0 Å². The third-order valence-corrected chi connectivity index (χ3v) is 3.26. The molecule has 1 aliphatic rings. The Hall–Kier alpha value is -0.730. The number of piperidine rings is 1. The van der Waals surface area contributed by atoms with Crippen LogP contribution in [0.25, 0.3) is 0 Å². The lowest BCUT2D eigenvalue weighted by atomic mass is 9.97. The zero-order valence-electron chi connectivity index (χ0n) is 9.42. The average Bonchev–Trinajstić information content (AvgIpc) is 2.33. The molecule has 1 aliphatic heterocycles. The van der Waals surface area contributed by atoms with Crippen LogP contribution in [0, 0.1) is 5.92 Å². The van der Waals surface area contributed by atoms with E-state index in [1.54, 1.807) is 0 Å². The van der Waals surface area contributed by atoms with E-state index in [4.69, 9.17) is 16.3 Å². The molecule has 0 unspecified atom stereocenters. The number of benzene rings is 1. The van der Waals surface area contributed by atoms with Crippen LogP contribution >= 0.6 is 11.6 Å². The van der Waals surface area contributed by atoms with Gasteiger partial charge in [-0.3, -0.25) is 0 Å². The molecule has 0 aliphatic carbocycles. The highest BCUT2D eigenvalue weighted by molar-refractivity contribution is 6.30. The molecule has 1 heterocycles. The molecule has 0 spiro atoms. The molecular formula is C13H18ClNO. The summed E-state index contributed by atoms with van der Waals surface area (Å²) in [6.45, 7) is 3.12. The van der Waals surface area contributed by atoms with Gasteiger partial charge in [-0.2, -0.15) is 0 Å². The fraction of sp³-hybridized carbons (Fsp3) is 0.538. The van der Waals surface area contributed by atoms with Gasteiger partial charge >= 0.3 is 0 Å². The third kappa shape index (κ3) is 3.69. The Morgan fingerprint density at radius 3 is 2.81 bits per heavy atom. The molecule has 1 aromatic carbocycles. The van der Waals surface area contributed by atoms with Crippen molar-refractivity contribution in [3.8, 4) is 5.75 Å². The van der Waals surface area contributed by atoms with Crippen molar-refractivity contribution in [1.29, 1.82) is 0 Å². The number of hydrogen-bond acceptors (Lipinski definition) is 2. The van der Waals surface area contributed by atoms with E-state index in [0.717, 1.165) is 36.3 Å². The lowest BCUT2D eigenvalue weighted by molar-refractivity contribution is 0.254. The molecular weight excluding hydrogens is 222 g/mol. The summed E-state index contributed by atoms with van der Waals surface area (Å²) in [5.74, 6) is 1.69. The van der Waals surface area contributed by atoms with E-state index in [1.807, 2.05) is 24.3 Å². The largest absolute Gasteiger partial charge is 0.494 e. The first kappa shape index (κ1) is 11.7. The number of nitrogens with one attached hydrogen (secondary N) is 1. The predicted octanol–water partition coefficient (Wildman–Crippen LogP) is 3.11. The molecule has 88 valence electrons. The maximum absolute atomic E-state index is 5.80. The first-order valence-corrected chi connectivity index (χ1v) is 6.31. The minimum atomic E-state index is 0.754. The minimum absolute atomic E-state index is 0.754. The quantitative estimate of drug-likeness (QED) is 0.872. The van der Waals surface area contributed by atoms with Crippen LogP contribution in [0.15, 0.2) is 24.3 Å². The number of hydrogen-bond donors (Lipinski definition) is 1. The van der Waals surface area contributed by atoms with Crippen LogP contribution in [0.5, 0.6) is 5.75 Å². The zero-order valence-corrected chi connectivity index (χ0v) is 10.2. The Bertz CT molecular complexity index is 306. The summed E-state index contributed by atoms with van der Waals surface area (Å²) in [5, 5.41) is 4.17. The van der Waals surface area contributed by atoms with Crippen molar-refractivity contribution in [3.05, 3.63) is 29.3 Å². The Balaban J connectivity index is 1.69. The Kier molecular flexibility index (Phi) is 4.49. The highest BCUT2D eigenvalue weighted by atomic mass is 35.5. The summed E-state index contributed by atoms with van der Waals surface area (Å²) < 4.78 is 5.68. The van der Waals surface area contributed by atoms with Crippen molar-refractivity contribution >= 4 is 11.6 Å². The van der Waals surface area contributed by atoms with Gasteiger partial charge in [0.2, 0.25) is 0 Å². The Labute approximate surface area is 102 Å². The molecule has 1 N–H and O–H groups in total. The minimum Gasteiger partial charge on any atom is -0.494 e. The molecule has 2 rings (SSSR count). The van der Waals surface area contributed by atoms with Crippen LogP contribution in [0.2, 0.25) is 5.02 Å². The van der Waals surface area contributed by atoms with E-state index in [1.165, 1.54) is 19.4 Å². The molecule has 1 fully saturated rings. The summed E-state index contributed by atoms with van der Waals surface area (Å²) in [5.41, 5.74) is 0. The van der Waals surface area contributed by atoms with E-state index in [0.29, 0.717) is 0 Å². The van der Waals surface area contributed by atoms with Gasteiger partial charge in [0, 0.05) is 5.02 Å². The van der Waals surface area contributed by atoms with Gasteiger partial charge in [-0.1, -0.05) is 11.6 Å². The van der Waals surface area contributed by atoms with Crippen LogP contribution in [0.1, 0.15) is 19.3 Å². The van der Waals surface area contributed by atoms with Crippen LogP contribution < -0.4 is 10.1 Å². The normalized spacial score (nSPS) is 20.7. The number of halogens is 1. The zero-order chi connectivity index (χ0) is 11.2. The highest BCUT2D eigenvalue weighted by Crippen LogP contribution is 2.18. The Morgan fingerprint density at radius 1 is 1.31 bits per heavy atom. The maximum atomic E-state index is 5.80. The monoisotopic (exact) mass is 239 g/mol. The first-order valence-electron chi connectivity index (χ1n) is 5.94. The van der Waals surface area contributed by atoms with Crippen LogP contribution in [0.4, 0.5) is 0 Å². The lowest BCUT2D eigenvalue weighted by Crippen LogP contribution is -2.30. The molecule has 1 aromatic rings. The van der Waals surface area contributed by atoms with Gasteiger partial charge in [0.1, 0.15) is 5.75 Å². The molecule has 0 radical (unpaired) electrons. The summed E-state index contributed by atoms with van der Waals surface area (Å²) >= 11 is 5.80. The molecule has 16 heavy (non-hydrogen) atoms. The molecule has 1 atom stereocenters. The SMILES string of the molecule is Clc1ccc(OCC[C@@H]2CCCNC2)cc1. The van der Waals surface area contributed by atoms with Gasteiger partial charge in [-0.25, -0.2) is 0 Å². The summed E-state index contributed by atoms with van der Waals surface area (Å²) in [6, 6.07) is 7.56. The van der Waals surface area contributed by atoms with Gasteiger partial charge in [0.15, 0.2) is 0 Å². The van der Waals surface area contributed by atoms with E-state index >= 15 is 0 Å². The molecule has 0 amide bonds. The summed E-state index contributed by atoms with van der Waals surface area (Å²) in [6.07, 6.45) is 3.76. The van der Waals surface area contributed by atoms with Gasteiger partial charge in [-0.05, 0) is 62.5 Å². The summed E-state index contributed by atoms with van der Waals surface area (Å²) in [7, 11) is 0. The smallest absolute Gasteiger partial charge is 0.119 e. The molecule has 0 bridgehead atoms. The third-order valence-electron chi connectivity index (χ3n) is 3.01. The second-order valence-corrected chi connectivity index (χ2v) is 4.74. The summed E-state index contributed by atoms with van der Waals surface area (Å²) in [4.78, 5) is 0. The fourth-order valence-corrected chi connectivity index (χ4v) is 2.17. The second-order valence-electron chi connectivity index (χ2n) is 4.30. The molecule has 3 heteroatoms. The lowest BCUT2D eigenvalue weighted by Gasteiger charge is -2.22. The number of ether oxygens (including phenoxy) is 1. The van der Waals surface area contributed by atoms with Gasteiger partial charge in [0.05, 0.1) is 6.61 Å². The van der Waals surface area contributed by atoms with E-state index < -0.39 is 0 Å². The van der Waals surface area contributed by atoms with Gasteiger partial charge in [0.25, 0.3) is 0 Å². The van der Waals surface area contributed by atoms with Crippen molar-refractivity contribution in [3.63, 3.8) is 0 Å². The first-order chi connectivity index (χ1) is 7.84.